The summed E-state index contributed by atoms with van der Waals surface area (Å²) in [6, 6.07) is 0. The monoisotopic (exact) mass is 229 g/mol. The van der Waals surface area contributed by atoms with E-state index >= 15 is 0 Å². The van der Waals surface area contributed by atoms with Crippen LogP contribution in [0.5, 0.6) is 0 Å². The topological polar surface area (TPSA) is 32.7 Å². The lowest BCUT2D eigenvalue weighted by atomic mass is 9.85. The van der Waals surface area contributed by atoms with Crippen molar-refractivity contribution < 1.29 is 9.84 Å². The van der Waals surface area contributed by atoms with Crippen LogP contribution < -0.4 is 0 Å². The summed E-state index contributed by atoms with van der Waals surface area (Å²) in [6.45, 7) is 10.7. The van der Waals surface area contributed by atoms with Crippen molar-refractivity contribution in [2.75, 3.05) is 32.8 Å². The van der Waals surface area contributed by atoms with E-state index in [1.165, 1.54) is 0 Å². The predicted octanol–water partition coefficient (Wildman–Crippen LogP) is 1.90. The molecular formula is C13H27NO2. The van der Waals surface area contributed by atoms with E-state index in [2.05, 4.69) is 25.7 Å². The molecule has 1 fully saturated rings. The summed E-state index contributed by atoms with van der Waals surface area (Å²) < 4.78 is 5.66. The first kappa shape index (κ1) is 13.9. The van der Waals surface area contributed by atoms with Gasteiger partial charge in [-0.1, -0.05) is 27.2 Å². The minimum Gasteiger partial charge on any atom is -0.396 e. The molecule has 1 heterocycles. The number of morpholine rings is 1. The molecule has 0 aromatic carbocycles. The van der Waals surface area contributed by atoms with Crippen LogP contribution in [0.1, 0.15) is 40.0 Å². The molecule has 1 saturated heterocycles. The molecule has 0 spiro atoms. The third-order valence-electron chi connectivity index (χ3n) is 3.52. The first-order valence-corrected chi connectivity index (χ1v) is 6.58. The lowest BCUT2D eigenvalue weighted by molar-refractivity contribution is -0.0473. The van der Waals surface area contributed by atoms with Gasteiger partial charge >= 0.3 is 0 Å². The van der Waals surface area contributed by atoms with Gasteiger partial charge in [0.2, 0.25) is 0 Å². The summed E-state index contributed by atoms with van der Waals surface area (Å²) in [7, 11) is 0. The number of ether oxygens (including phenoxy) is 1. The second-order valence-corrected chi connectivity index (χ2v) is 5.35. The Bertz CT molecular complexity index is 198. The Balaban J connectivity index is 2.44. The number of hydrogen-bond acceptors (Lipinski definition) is 3. The van der Waals surface area contributed by atoms with Crippen LogP contribution in [0.4, 0.5) is 0 Å². The molecule has 0 radical (unpaired) electrons. The zero-order valence-electron chi connectivity index (χ0n) is 11.0. The van der Waals surface area contributed by atoms with E-state index in [9.17, 15) is 5.11 Å². The van der Waals surface area contributed by atoms with E-state index in [4.69, 9.17) is 4.74 Å². The Hall–Kier alpha value is -0.120. The third-order valence-corrected chi connectivity index (χ3v) is 3.52. The van der Waals surface area contributed by atoms with Crippen LogP contribution in [0.15, 0.2) is 0 Å². The molecule has 3 nitrogen and oxygen atoms in total. The van der Waals surface area contributed by atoms with E-state index in [-0.39, 0.29) is 12.0 Å². The summed E-state index contributed by atoms with van der Waals surface area (Å²) in [5, 5.41) is 9.51. The summed E-state index contributed by atoms with van der Waals surface area (Å²) in [5.74, 6) is 0. The Morgan fingerprint density at radius 2 is 2.19 bits per heavy atom. The van der Waals surface area contributed by atoms with Gasteiger partial charge in [0, 0.05) is 31.7 Å². The van der Waals surface area contributed by atoms with E-state index in [1.54, 1.807) is 0 Å². The maximum Gasteiger partial charge on any atom is 0.0700 e. The van der Waals surface area contributed by atoms with Gasteiger partial charge in [0.25, 0.3) is 0 Å². The highest BCUT2D eigenvalue weighted by Crippen LogP contribution is 2.25. The molecule has 1 aliphatic heterocycles. The summed E-state index contributed by atoms with van der Waals surface area (Å²) in [6.07, 6.45) is 3.70. The predicted molar refractivity (Wildman–Crippen MR) is 66.6 cm³/mol. The molecule has 0 saturated carbocycles. The summed E-state index contributed by atoms with van der Waals surface area (Å²) in [4.78, 5) is 2.45. The Labute approximate surface area is 99.8 Å². The summed E-state index contributed by atoms with van der Waals surface area (Å²) in [5.41, 5.74) is 0.0599. The molecule has 96 valence electrons. The maximum atomic E-state index is 9.51. The van der Waals surface area contributed by atoms with Crippen molar-refractivity contribution in [1.82, 2.24) is 4.90 Å². The maximum absolute atomic E-state index is 9.51. The molecule has 16 heavy (non-hydrogen) atoms. The van der Waals surface area contributed by atoms with Crippen molar-refractivity contribution in [3.63, 3.8) is 0 Å². The van der Waals surface area contributed by atoms with Gasteiger partial charge in [-0.2, -0.15) is 0 Å². The van der Waals surface area contributed by atoms with Crippen molar-refractivity contribution in [1.29, 1.82) is 0 Å². The van der Waals surface area contributed by atoms with Crippen LogP contribution in [0.3, 0.4) is 0 Å². The van der Waals surface area contributed by atoms with E-state index in [0.717, 1.165) is 45.5 Å². The molecule has 1 rings (SSSR count). The Morgan fingerprint density at radius 1 is 1.44 bits per heavy atom. The van der Waals surface area contributed by atoms with Crippen molar-refractivity contribution in [2.45, 2.75) is 46.1 Å². The standard InChI is InChI=1S/C13H27NO2/c1-4-6-13(3,11-15)10-14-7-8-16-12(5-2)9-14/h12,15H,4-11H2,1-3H3. The Morgan fingerprint density at radius 3 is 2.75 bits per heavy atom. The van der Waals surface area contributed by atoms with Crippen molar-refractivity contribution in [3.05, 3.63) is 0 Å². The van der Waals surface area contributed by atoms with Crippen LogP contribution in [0.25, 0.3) is 0 Å². The fourth-order valence-corrected chi connectivity index (χ4v) is 2.52. The van der Waals surface area contributed by atoms with Crippen molar-refractivity contribution in [2.24, 2.45) is 5.41 Å². The highest BCUT2D eigenvalue weighted by atomic mass is 16.5. The average molecular weight is 229 g/mol. The molecule has 2 unspecified atom stereocenters. The van der Waals surface area contributed by atoms with E-state index < -0.39 is 0 Å². The second-order valence-electron chi connectivity index (χ2n) is 5.35. The highest BCUT2D eigenvalue weighted by Gasteiger charge is 2.28. The quantitative estimate of drug-likeness (QED) is 0.755. The number of aliphatic hydroxyl groups excluding tert-OH is 1. The van der Waals surface area contributed by atoms with Gasteiger partial charge in [0.05, 0.1) is 12.7 Å². The van der Waals surface area contributed by atoms with Gasteiger partial charge < -0.3 is 9.84 Å². The summed E-state index contributed by atoms with van der Waals surface area (Å²) >= 11 is 0. The molecule has 0 aromatic heterocycles. The lowest BCUT2D eigenvalue weighted by Crippen LogP contribution is -2.47. The first-order valence-electron chi connectivity index (χ1n) is 6.58. The van der Waals surface area contributed by atoms with Crippen LogP contribution in [-0.4, -0.2) is 49.0 Å². The highest BCUT2D eigenvalue weighted by molar-refractivity contribution is 4.80. The Kier molecular flexibility index (Phi) is 5.73. The van der Waals surface area contributed by atoms with Gasteiger partial charge in [-0.25, -0.2) is 0 Å². The first-order chi connectivity index (χ1) is 7.63. The van der Waals surface area contributed by atoms with Gasteiger partial charge in [-0.05, 0) is 12.8 Å². The molecule has 0 aliphatic carbocycles. The van der Waals surface area contributed by atoms with Gasteiger partial charge in [-0.15, -0.1) is 0 Å². The minimum absolute atomic E-state index is 0.0599. The molecule has 3 heteroatoms. The van der Waals surface area contributed by atoms with Crippen LogP contribution in [0, 0.1) is 5.41 Å². The van der Waals surface area contributed by atoms with Crippen LogP contribution in [0.2, 0.25) is 0 Å². The number of aliphatic hydroxyl groups is 1. The van der Waals surface area contributed by atoms with Gasteiger partial charge in [0.15, 0.2) is 0 Å². The van der Waals surface area contributed by atoms with Gasteiger partial charge in [0.1, 0.15) is 0 Å². The molecule has 0 aromatic rings. The third kappa shape index (κ3) is 4.04. The van der Waals surface area contributed by atoms with Crippen LogP contribution >= 0.6 is 0 Å². The number of nitrogens with zero attached hydrogens (tertiary/aromatic N) is 1. The fraction of sp³-hybridized carbons (Fsp3) is 1.00. The molecule has 0 bridgehead atoms. The SMILES string of the molecule is CCCC(C)(CO)CN1CCOC(CC)C1. The molecule has 0 amide bonds. The average Bonchev–Trinajstić information content (AvgIpc) is 2.29. The minimum atomic E-state index is 0.0599. The number of hydrogen-bond donors (Lipinski definition) is 1. The second kappa shape index (κ2) is 6.58. The largest absolute Gasteiger partial charge is 0.396 e. The number of rotatable bonds is 6. The molecule has 2 atom stereocenters. The van der Waals surface area contributed by atoms with Gasteiger partial charge in [-0.3, -0.25) is 4.90 Å². The van der Waals surface area contributed by atoms with Crippen LogP contribution in [-0.2, 0) is 4.74 Å². The van der Waals surface area contributed by atoms with Crippen molar-refractivity contribution in [3.8, 4) is 0 Å². The lowest BCUT2D eigenvalue weighted by Gasteiger charge is -2.38. The zero-order valence-corrected chi connectivity index (χ0v) is 11.0. The van der Waals surface area contributed by atoms with E-state index in [1.807, 2.05) is 0 Å². The van der Waals surface area contributed by atoms with E-state index in [0.29, 0.717) is 6.10 Å². The fourth-order valence-electron chi connectivity index (χ4n) is 2.52. The van der Waals surface area contributed by atoms with Crippen molar-refractivity contribution >= 4 is 0 Å². The molecule has 1 aliphatic rings. The zero-order chi connectivity index (χ0) is 12.0. The smallest absolute Gasteiger partial charge is 0.0700 e. The normalized spacial score (nSPS) is 26.6. The molecular weight excluding hydrogens is 202 g/mol. The molecule has 1 N–H and O–H groups in total.